The maximum absolute atomic E-state index is 12.4. The largest absolute Gasteiger partial charge is 0.448 e. The molecule has 1 aliphatic heterocycles. The Kier molecular flexibility index (Phi) is 4.84. The summed E-state index contributed by atoms with van der Waals surface area (Å²) in [5.41, 5.74) is 2.05. The zero-order valence-corrected chi connectivity index (χ0v) is 16.1. The Bertz CT molecular complexity index is 924. The standard InChI is InChI=1S/C17H18N4O3S2/c1-9-14(26-10(2)18-9)13-8-25-17(20-13)21-15(22)12-7-24-16(19-12)11-3-5-23-6-4-11/h7-8,11H,3-6H2,1-2H3,(H,20,21,22). The zero-order valence-electron chi connectivity index (χ0n) is 14.4. The molecule has 0 radical (unpaired) electrons. The number of carbonyl (C=O) groups is 1. The van der Waals surface area contributed by atoms with Crippen molar-refractivity contribution in [2.24, 2.45) is 0 Å². The summed E-state index contributed by atoms with van der Waals surface area (Å²) in [5.74, 6) is 0.508. The fourth-order valence-electron chi connectivity index (χ4n) is 2.89. The van der Waals surface area contributed by atoms with Gasteiger partial charge in [0.25, 0.3) is 5.91 Å². The number of aromatic nitrogens is 3. The van der Waals surface area contributed by atoms with E-state index in [0.717, 1.165) is 34.1 Å². The van der Waals surface area contributed by atoms with Crippen LogP contribution in [0.3, 0.4) is 0 Å². The molecule has 0 atom stereocenters. The number of amides is 1. The van der Waals surface area contributed by atoms with Crippen LogP contribution in [0.4, 0.5) is 5.13 Å². The van der Waals surface area contributed by atoms with Crippen LogP contribution in [0.2, 0.25) is 0 Å². The molecular weight excluding hydrogens is 372 g/mol. The van der Waals surface area contributed by atoms with Gasteiger partial charge in [-0.05, 0) is 26.7 Å². The second kappa shape index (κ2) is 7.26. The summed E-state index contributed by atoms with van der Waals surface area (Å²) in [6.45, 7) is 5.33. The summed E-state index contributed by atoms with van der Waals surface area (Å²) in [6.07, 6.45) is 3.14. The minimum absolute atomic E-state index is 0.217. The van der Waals surface area contributed by atoms with Crippen LogP contribution in [0.1, 0.15) is 45.8 Å². The van der Waals surface area contributed by atoms with E-state index in [1.54, 1.807) is 11.3 Å². The summed E-state index contributed by atoms with van der Waals surface area (Å²) in [7, 11) is 0. The lowest BCUT2D eigenvalue weighted by molar-refractivity contribution is 0.0794. The summed E-state index contributed by atoms with van der Waals surface area (Å²) in [5, 5.41) is 6.25. The van der Waals surface area contributed by atoms with Gasteiger partial charge in [0.1, 0.15) is 6.26 Å². The molecule has 7 nitrogen and oxygen atoms in total. The van der Waals surface area contributed by atoms with Gasteiger partial charge in [-0.15, -0.1) is 22.7 Å². The van der Waals surface area contributed by atoms with Crippen molar-refractivity contribution in [2.45, 2.75) is 32.6 Å². The number of carbonyl (C=O) groups excluding carboxylic acids is 1. The predicted octanol–water partition coefficient (Wildman–Crippen LogP) is 4.02. The quantitative estimate of drug-likeness (QED) is 0.724. The van der Waals surface area contributed by atoms with Crippen LogP contribution < -0.4 is 5.32 Å². The molecule has 0 bridgehead atoms. The van der Waals surface area contributed by atoms with E-state index >= 15 is 0 Å². The second-order valence-corrected chi connectivity index (χ2v) is 8.16. The maximum atomic E-state index is 12.4. The Morgan fingerprint density at radius 2 is 2.04 bits per heavy atom. The summed E-state index contributed by atoms with van der Waals surface area (Å²) < 4.78 is 10.8. The average molecular weight is 390 g/mol. The lowest BCUT2D eigenvalue weighted by Gasteiger charge is -2.18. The van der Waals surface area contributed by atoms with Crippen LogP contribution in [0.25, 0.3) is 10.6 Å². The van der Waals surface area contributed by atoms with Crippen molar-refractivity contribution < 1.29 is 13.9 Å². The van der Waals surface area contributed by atoms with Crippen LogP contribution in [0.15, 0.2) is 16.1 Å². The molecule has 0 aromatic carbocycles. The molecule has 3 aromatic rings. The Labute approximate surface area is 158 Å². The van der Waals surface area contributed by atoms with Crippen molar-refractivity contribution >= 4 is 33.7 Å². The van der Waals surface area contributed by atoms with Gasteiger partial charge in [-0.3, -0.25) is 10.1 Å². The number of hydrogen-bond donors (Lipinski definition) is 1. The van der Waals surface area contributed by atoms with E-state index in [1.807, 2.05) is 19.2 Å². The molecule has 0 aliphatic carbocycles. The number of anilines is 1. The van der Waals surface area contributed by atoms with Crippen molar-refractivity contribution in [3.63, 3.8) is 0 Å². The first-order chi connectivity index (χ1) is 12.6. The van der Waals surface area contributed by atoms with Gasteiger partial charge in [0, 0.05) is 24.5 Å². The number of nitrogens with one attached hydrogen (secondary N) is 1. The summed E-state index contributed by atoms with van der Waals surface area (Å²) >= 11 is 2.98. The lowest BCUT2D eigenvalue weighted by Crippen LogP contribution is -2.15. The molecule has 1 fully saturated rings. The number of rotatable bonds is 4. The number of ether oxygens (including phenoxy) is 1. The Hall–Kier alpha value is -2.10. The van der Waals surface area contributed by atoms with Crippen molar-refractivity contribution in [3.05, 3.63) is 33.9 Å². The van der Waals surface area contributed by atoms with E-state index in [2.05, 4.69) is 20.3 Å². The van der Waals surface area contributed by atoms with E-state index in [9.17, 15) is 4.79 Å². The predicted molar refractivity (Wildman–Crippen MR) is 99.9 cm³/mol. The molecule has 4 heterocycles. The first-order valence-electron chi connectivity index (χ1n) is 8.34. The van der Waals surface area contributed by atoms with Gasteiger partial charge in [-0.2, -0.15) is 0 Å². The molecule has 9 heteroatoms. The van der Waals surface area contributed by atoms with Gasteiger partial charge in [0.15, 0.2) is 16.7 Å². The van der Waals surface area contributed by atoms with Crippen molar-refractivity contribution in [1.82, 2.24) is 15.0 Å². The third-order valence-corrected chi connectivity index (χ3v) is 6.04. The Morgan fingerprint density at radius 1 is 1.23 bits per heavy atom. The fraction of sp³-hybridized carbons (Fsp3) is 0.412. The first-order valence-corrected chi connectivity index (χ1v) is 10.0. The molecule has 1 aliphatic rings. The third kappa shape index (κ3) is 3.55. The highest BCUT2D eigenvalue weighted by Crippen LogP contribution is 2.32. The minimum Gasteiger partial charge on any atom is -0.448 e. The lowest BCUT2D eigenvalue weighted by atomic mass is 10.0. The van der Waals surface area contributed by atoms with Crippen LogP contribution in [0.5, 0.6) is 0 Å². The number of nitrogens with zero attached hydrogens (tertiary/aromatic N) is 3. The van der Waals surface area contributed by atoms with Gasteiger partial charge < -0.3 is 9.15 Å². The van der Waals surface area contributed by atoms with Crippen molar-refractivity contribution in [1.29, 1.82) is 0 Å². The van der Waals surface area contributed by atoms with E-state index in [0.29, 0.717) is 24.2 Å². The highest BCUT2D eigenvalue weighted by Gasteiger charge is 2.23. The molecule has 0 unspecified atom stereocenters. The highest BCUT2D eigenvalue weighted by molar-refractivity contribution is 7.16. The average Bonchev–Trinajstić information content (AvgIpc) is 3.35. The fourth-order valence-corrected chi connectivity index (χ4v) is 4.54. The van der Waals surface area contributed by atoms with Gasteiger partial charge in [0.05, 0.1) is 21.3 Å². The summed E-state index contributed by atoms with van der Waals surface area (Å²) in [4.78, 5) is 26.7. The normalized spacial score (nSPS) is 15.3. The first kappa shape index (κ1) is 17.3. The van der Waals surface area contributed by atoms with E-state index < -0.39 is 0 Å². The van der Waals surface area contributed by atoms with Crippen molar-refractivity contribution in [3.8, 4) is 10.6 Å². The van der Waals surface area contributed by atoms with Crippen LogP contribution >= 0.6 is 22.7 Å². The molecule has 136 valence electrons. The third-order valence-electron chi connectivity index (χ3n) is 4.19. The number of thiazole rings is 2. The summed E-state index contributed by atoms with van der Waals surface area (Å²) in [6, 6.07) is 0. The molecule has 3 aromatic heterocycles. The van der Waals surface area contributed by atoms with Gasteiger partial charge in [0.2, 0.25) is 0 Å². The van der Waals surface area contributed by atoms with E-state index in [1.165, 1.54) is 17.6 Å². The van der Waals surface area contributed by atoms with Crippen molar-refractivity contribution in [2.75, 3.05) is 18.5 Å². The molecule has 0 saturated carbocycles. The van der Waals surface area contributed by atoms with Gasteiger partial charge in [-0.25, -0.2) is 15.0 Å². The van der Waals surface area contributed by atoms with Gasteiger partial charge in [-0.1, -0.05) is 0 Å². The highest BCUT2D eigenvalue weighted by atomic mass is 32.1. The SMILES string of the molecule is Cc1nc(C)c(-c2csc(NC(=O)c3coc(C4CCOCC4)n3)n2)s1. The number of oxazole rings is 1. The van der Waals surface area contributed by atoms with E-state index in [4.69, 9.17) is 9.15 Å². The molecule has 1 amide bonds. The molecule has 1 N–H and O–H groups in total. The minimum atomic E-state index is -0.315. The second-order valence-electron chi connectivity index (χ2n) is 6.10. The Morgan fingerprint density at radius 3 is 2.77 bits per heavy atom. The maximum Gasteiger partial charge on any atom is 0.279 e. The molecular formula is C17H18N4O3S2. The van der Waals surface area contributed by atoms with Crippen LogP contribution in [-0.2, 0) is 4.74 Å². The molecule has 4 rings (SSSR count). The Balaban J connectivity index is 1.45. The molecule has 26 heavy (non-hydrogen) atoms. The molecule has 1 saturated heterocycles. The van der Waals surface area contributed by atoms with Crippen LogP contribution in [0, 0.1) is 13.8 Å². The zero-order chi connectivity index (χ0) is 18.1. The van der Waals surface area contributed by atoms with E-state index in [-0.39, 0.29) is 17.5 Å². The smallest absolute Gasteiger partial charge is 0.279 e. The molecule has 0 spiro atoms. The monoisotopic (exact) mass is 390 g/mol. The number of hydrogen-bond acceptors (Lipinski definition) is 8. The number of aryl methyl sites for hydroxylation is 2. The van der Waals surface area contributed by atoms with Crippen LogP contribution in [-0.4, -0.2) is 34.1 Å². The topological polar surface area (TPSA) is 90.1 Å². The van der Waals surface area contributed by atoms with Gasteiger partial charge >= 0.3 is 0 Å².